The first-order valence-corrected chi connectivity index (χ1v) is 10.3. The number of anilines is 1. The lowest BCUT2D eigenvalue weighted by Crippen LogP contribution is -2.12. The van der Waals surface area contributed by atoms with Gasteiger partial charge in [-0.05, 0) is 48.4 Å². The fourth-order valence-corrected chi connectivity index (χ4v) is 3.19. The molecule has 2 N–H and O–H groups in total. The largest absolute Gasteiger partial charge is 0.462 e. The van der Waals surface area contributed by atoms with Crippen molar-refractivity contribution >= 4 is 29.3 Å². The van der Waals surface area contributed by atoms with Crippen molar-refractivity contribution in [2.75, 3.05) is 11.9 Å². The normalized spacial score (nSPS) is 10.5. The average Bonchev–Trinajstić information content (AvgIpc) is 3.27. The second kappa shape index (κ2) is 10.4. The molecule has 0 radical (unpaired) electrons. The predicted octanol–water partition coefficient (Wildman–Crippen LogP) is 4.31. The number of hydrogen-bond donors (Lipinski definition) is 2. The Balaban J connectivity index is 1.52. The van der Waals surface area contributed by atoms with E-state index >= 15 is 0 Å². The Morgan fingerprint density at radius 2 is 1.79 bits per heavy atom. The zero-order chi connectivity index (χ0) is 20.5. The summed E-state index contributed by atoms with van der Waals surface area (Å²) in [7, 11) is 0. The number of esters is 1. The maximum Gasteiger partial charge on any atom is 0.338 e. The number of unbranched alkanes of at least 4 members (excludes halogenated alkanes) is 1. The Morgan fingerprint density at radius 3 is 2.45 bits per heavy atom. The van der Waals surface area contributed by atoms with Crippen LogP contribution in [0.4, 0.5) is 5.69 Å². The lowest BCUT2D eigenvalue weighted by atomic mass is 10.1. The summed E-state index contributed by atoms with van der Waals surface area (Å²) in [5, 5.41) is 10.2. The van der Waals surface area contributed by atoms with Crippen molar-refractivity contribution < 1.29 is 14.3 Å². The molecule has 7 nitrogen and oxygen atoms in total. The van der Waals surface area contributed by atoms with Crippen molar-refractivity contribution in [1.29, 1.82) is 0 Å². The summed E-state index contributed by atoms with van der Waals surface area (Å²) in [6.07, 6.45) is 3.29. The van der Waals surface area contributed by atoms with E-state index in [1.807, 2.05) is 19.1 Å². The number of aromatic nitrogens is 3. The molecule has 150 valence electrons. The molecule has 1 aromatic heterocycles. The molecule has 0 spiro atoms. The van der Waals surface area contributed by atoms with Gasteiger partial charge in [0.1, 0.15) is 6.33 Å². The third kappa shape index (κ3) is 6.18. The number of carbonyl (C=O) groups excluding carboxylic acids is 2. The van der Waals surface area contributed by atoms with Crippen molar-refractivity contribution in [3.05, 3.63) is 71.5 Å². The minimum Gasteiger partial charge on any atom is -0.462 e. The molecule has 0 saturated carbocycles. The van der Waals surface area contributed by atoms with Crippen LogP contribution in [0.5, 0.6) is 0 Å². The van der Waals surface area contributed by atoms with Crippen molar-refractivity contribution in [2.24, 2.45) is 0 Å². The number of benzene rings is 2. The van der Waals surface area contributed by atoms with Crippen LogP contribution < -0.4 is 5.32 Å². The van der Waals surface area contributed by atoms with Gasteiger partial charge < -0.3 is 10.1 Å². The highest BCUT2D eigenvalue weighted by molar-refractivity contribution is 7.98. The second-order valence-electron chi connectivity index (χ2n) is 6.30. The maximum absolute atomic E-state index is 12.4. The Kier molecular flexibility index (Phi) is 7.40. The quantitative estimate of drug-likeness (QED) is 0.310. The SMILES string of the molecule is CCCCOC(=O)c1ccc(NC(=O)c2ccc(CSc3ncn[nH]3)cc2)cc1. The van der Waals surface area contributed by atoms with Crippen molar-refractivity contribution in [3.8, 4) is 0 Å². The van der Waals surface area contributed by atoms with Gasteiger partial charge in [0.15, 0.2) is 5.16 Å². The zero-order valence-corrected chi connectivity index (χ0v) is 16.9. The molecule has 29 heavy (non-hydrogen) atoms. The van der Waals surface area contributed by atoms with E-state index in [2.05, 4.69) is 20.5 Å². The molecule has 1 amide bonds. The van der Waals surface area contributed by atoms with Gasteiger partial charge in [-0.3, -0.25) is 9.89 Å². The smallest absolute Gasteiger partial charge is 0.338 e. The predicted molar refractivity (Wildman–Crippen MR) is 112 cm³/mol. The number of rotatable bonds is 9. The number of carbonyl (C=O) groups is 2. The zero-order valence-electron chi connectivity index (χ0n) is 16.1. The van der Waals surface area contributed by atoms with Gasteiger partial charge in [-0.15, -0.1) is 0 Å². The van der Waals surface area contributed by atoms with Crippen LogP contribution in [0.25, 0.3) is 0 Å². The summed E-state index contributed by atoms with van der Waals surface area (Å²) in [4.78, 5) is 28.4. The molecule has 1 heterocycles. The van der Waals surface area contributed by atoms with Gasteiger partial charge in [-0.25, -0.2) is 9.78 Å². The fraction of sp³-hybridized carbons (Fsp3) is 0.238. The number of aromatic amines is 1. The van der Waals surface area contributed by atoms with Crippen LogP contribution in [0.15, 0.2) is 60.0 Å². The van der Waals surface area contributed by atoms with Gasteiger partial charge in [0.25, 0.3) is 5.91 Å². The van der Waals surface area contributed by atoms with Crippen LogP contribution >= 0.6 is 11.8 Å². The van der Waals surface area contributed by atoms with Crippen LogP contribution in [-0.2, 0) is 10.5 Å². The van der Waals surface area contributed by atoms with Crippen LogP contribution in [0, 0.1) is 0 Å². The van der Waals surface area contributed by atoms with Crippen LogP contribution in [0.2, 0.25) is 0 Å². The van der Waals surface area contributed by atoms with Crippen LogP contribution in [-0.4, -0.2) is 33.7 Å². The topological polar surface area (TPSA) is 97.0 Å². The summed E-state index contributed by atoms with van der Waals surface area (Å²) in [5.41, 5.74) is 2.72. The highest BCUT2D eigenvalue weighted by atomic mass is 32.2. The molecular weight excluding hydrogens is 388 g/mol. The minimum atomic E-state index is -0.352. The molecule has 0 saturated heterocycles. The number of nitrogens with one attached hydrogen (secondary N) is 2. The number of nitrogens with zero attached hydrogens (tertiary/aromatic N) is 2. The second-order valence-corrected chi connectivity index (χ2v) is 7.26. The molecule has 0 bridgehead atoms. The molecule has 0 aliphatic carbocycles. The van der Waals surface area contributed by atoms with E-state index in [0.29, 0.717) is 23.4 Å². The molecule has 0 unspecified atom stereocenters. The van der Waals surface area contributed by atoms with Gasteiger partial charge in [-0.1, -0.05) is 37.2 Å². The van der Waals surface area contributed by atoms with Crippen LogP contribution in [0.1, 0.15) is 46.0 Å². The number of hydrogen-bond acceptors (Lipinski definition) is 6. The van der Waals surface area contributed by atoms with E-state index in [9.17, 15) is 9.59 Å². The van der Waals surface area contributed by atoms with E-state index in [-0.39, 0.29) is 11.9 Å². The van der Waals surface area contributed by atoms with Gasteiger partial charge in [0.2, 0.25) is 0 Å². The molecule has 0 aliphatic rings. The Morgan fingerprint density at radius 1 is 1.07 bits per heavy atom. The number of amides is 1. The van der Waals surface area contributed by atoms with Crippen molar-refractivity contribution in [3.63, 3.8) is 0 Å². The number of ether oxygens (including phenoxy) is 1. The average molecular weight is 410 g/mol. The third-order valence-electron chi connectivity index (χ3n) is 4.09. The molecule has 0 aliphatic heterocycles. The molecule has 3 rings (SSSR count). The molecular formula is C21H22N4O3S. The van der Waals surface area contributed by atoms with Crippen molar-refractivity contribution in [1.82, 2.24) is 15.2 Å². The highest BCUT2D eigenvalue weighted by Crippen LogP contribution is 2.19. The number of H-pyrrole nitrogens is 1. The minimum absolute atomic E-state index is 0.210. The third-order valence-corrected chi connectivity index (χ3v) is 5.04. The lowest BCUT2D eigenvalue weighted by molar-refractivity contribution is 0.0499. The van der Waals surface area contributed by atoms with E-state index in [0.717, 1.165) is 29.3 Å². The Bertz CT molecular complexity index is 926. The van der Waals surface area contributed by atoms with Crippen molar-refractivity contribution in [2.45, 2.75) is 30.7 Å². The van der Waals surface area contributed by atoms with Gasteiger partial charge in [0, 0.05) is 17.0 Å². The van der Waals surface area contributed by atoms with E-state index < -0.39 is 0 Å². The summed E-state index contributed by atoms with van der Waals surface area (Å²) in [6, 6.07) is 14.1. The maximum atomic E-state index is 12.4. The first-order valence-electron chi connectivity index (χ1n) is 9.31. The monoisotopic (exact) mass is 410 g/mol. The van der Waals surface area contributed by atoms with E-state index in [1.165, 1.54) is 18.1 Å². The fourth-order valence-electron chi connectivity index (χ4n) is 2.45. The first-order chi connectivity index (χ1) is 14.2. The standard InChI is InChI=1S/C21H22N4O3S/c1-2-3-12-28-20(27)17-8-10-18(11-9-17)24-19(26)16-6-4-15(5-7-16)13-29-21-22-14-23-25-21/h4-11,14H,2-3,12-13H2,1H3,(H,24,26)(H,22,23,25). The molecule has 8 heteroatoms. The highest BCUT2D eigenvalue weighted by Gasteiger charge is 2.09. The lowest BCUT2D eigenvalue weighted by Gasteiger charge is -2.08. The summed E-state index contributed by atoms with van der Waals surface area (Å²) < 4.78 is 5.18. The van der Waals surface area contributed by atoms with Gasteiger partial charge in [-0.2, -0.15) is 5.10 Å². The first kappa shape index (κ1) is 20.6. The van der Waals surface area contributed by atoms with E-state index in [1.54, 1.807) is 36.4 Å². The summed E-state index contributed by atoms with van der Waals surface area (Å²) in [5.74, 6) is 0.167. The van der Waals surface area contributed by atoms with Gasteiger partial charge >= 0.3 is 5.97 Å². The molecule has 0 atom stereocenters. The van der Waals surface area contributed by atoms with E-state index in [4.69, 9.17) is 4.74 Å². The van der Waals surface area contributed by atoms with Gasteiger partial charge in [0.05, 0.1) is 12.2 Å². The molecule has 3 aromatic rings. The number of thioether (sulfide) groups is 1. The molecule has 2 aromatic carbocycles. The molecule has 0 fully saturated rings. The Hall–Kier alpha value is -3.13. The summed E-state index contributed by atoms with van der Waals surface area (Å²) in [6.45, 7) is 2.46. The summed E-state index contributed by atoms with van der Waals surface area (Å²) >= 11 is 1.54. The Labute approximate surface area is 173 Å². The van der Waals surface area contributed by atoms with Crippen LogP contribution in [0.3, 0.4) is 0 Å².